The fourth-order valence-electron chi connectivity index (χ4n) is 1.62. The van der Waals surface area contributed by atoms with Crippen LogP contribution in [0.2, 0.25) is 0 Å². The highest BCUT2D eigenvalue weighted by molar-refractivity contribution is 5.04. The van der Waals surface area contributed by atoms with Crippen molar-refractivity contribution in [3.05, 3.63) is 11.4 Å². The predicted molar refractivity (Wildman–Crippen MR) is 52.7 cm³/mol. The number of aryl methyl sites for hydroxylation is 1. The van der Waals surface area contributed by atoms with Gasteiger partial charge in [0.1, 0.15) is 11.4 Å². The molecule has 0 aliphatic heterocycles. The molecule has 14 heavy (non-hydrogen) atoms. The second-order valence-electron chi connectivity index (χ2n) is 4.26. The predicted octanol–water partition coefficient (Wildman–Crippen LogP) is 1.66. The zero-order valence-electron chi connectivity index (χ0n) is 8.79. The summed E-state index contributed by atoms with van der Waals surface area (Å²) >= 11 is 0. The Labute approximate surface area is 84.0 Å². The van der Waals surface area contributed by atoms with Crippen LogP contribution in [-0.4, -0.2) is 16.4 Å². The summed E-state index contributed by atoms with van der Waals surface area (Å²) in [5.41, 5.74) is 1.81. The van der Waals surface area contributed by atoms with E-state index >= 15 is 0 Å². The summed E-state index contributed by atoms with van der Waals surface area (Å²) in [6.07, 6.45) is 4.11. The fourth-order valence-corrected chi connectivity index (χ4v) is 1.62. The van der Waals surface area contributed by atoms with E-state index in [0.717, 1.165) is 23.9 Å². The van der Waals surface area contributed by atoms with Crippen LogP contribution in [-0.2, 0) is 6.54 Å². The van der Waals surface area contributed by atoms with Crippen LogP contribution in [0.1, 0.15) is 37.6 Å². The van der Waals surface area contributed by atoms with Crippen LogP contribution in [0.4, 0.5) is 0 Å². The van der Waals surface area contributed by atoms with Crippen LogP contribution >= 0.6 is 0 Å². The summed E-state index contributed by atoms with van der Waals surface area (Å²) in [6.45, 7) is 4.91. The molecule has 0 bridgehead atoms. The van der Waals surface area contributed by atoms with E-state index < -0.39 is 0 Å². The van der Waals surface area contributed by atoms with Gasteiger partial charge in [0.05, 0.1) is 0 Å². The summed E-state index contributed by atoms with van der Waals surface area (Å²) in [5, 5.41) is 11.0. The van der Waals surface area contributed by atoms with Gasteiger partial charge in [0, 0.05) is 12.6 Å². The summed E-state index contributed by atoms with van der Waals surface area (Å²) < 4.78 is 4.63. The zero-order valence-corrected chi connectivity index (χ0v) is 8.79. The van der Waals surface area contributed by atoms with Crippen LogP contribution in [0.15, 0.2) is 4.63 Å². The van der Waals surface area contributed by atoms with Crippen molar-refractivity contribution >= 4 is 0 Å². The highest BCUT2D eigenvalue weighted by Crippen LogP contribution is 2.33. The molecule has 1 aliphatic rings. The Morgan fingerprint density at radius 2 is 2.29 bits per heavy atom. The first-order chi connectivity index (χ1) is 6.75. The maximum Gasteiger partial charge on any atom is 0.121 e. The molecule has 0 spiro atoms. The van der Waals surface area contributed by atoms with Crippen LogP contribution in [0.25, 0.3) is 0 Å². The molecule has 1 atom stereocenters. The molecule has 1 fully saturated rings. The average Bonchev–Trinajstić information content (AvgIpc) is 2.86. The normalized spacial score (nSPS) is 18.4. The lowest BCUT2D eigenvalue weighted by Crippen LogP contribution is -2.26. The molecule has 1 saturated carbocycles. The highest BCUT2D eigenvalue weighted by Gasteiger charge is 2.23. The molecule has 1 aliphatic carbocycles. The lowest BCUT2D eigenvalue weighted by molar-refractivity contribution is 0.299. The first kappa shape index (κ1) is 9.65. The van der Waals surface area contributed by atoms with E-state index in [1.807, 2.05) is 6.92 Å². The fraction of sp³-hybridized carbons (Fsp3) is 0.800. The summed E-state index contributed by atoms with van der Waals surface area (Å²) in [7, 11) is 0. The van der Waals surface area contributed by atoms with Gasteiger partial charge in [0.2, 0.25) is 0 Å². The Morgan fingerprint density at radius 1 is 1.50 bits per heavy atom. The lowest BCUT2D eigenvalue weighted by Gasteiger charge is -2.11. The molecular formula is C10H17N3O. The van der Waals surface area contributed by atoms with Gasteiger partial charge in [-0.15, -0.1) is 0 Å². The van der Waals surface area contributed by atoms with E-state index in [-0.39, 0.29) is 0 Å². The van der Waals surface area contributed by atoms with Crippen molar-refractivity contribution in [3.63, 3.8) is 0 Å². The summed E-state index contributed by atoms with van der Waals surface area (Å²) in [4.78, 5) is 0. The van der Waals surface area contributed by atoms with Crippen molar-refractivity contribution in [1.82, 2.24) is 15.6 Å². The molecule has 1 unspecified atom stereocenters. The third kappa shape index (κ3) is 2.54. The van der Waals surface area contributed by atoms with Crippen molar-refractivity contribution in [1.29, 1.82) is 0 Å². The van der Waals surface area contributed by atoms with E-state index in [1.54, 1.807) is 0 Å². The van der Waals surface area contributed by atoms with Gasteiger partial charge in [-0.25, -0.2) is 4.63 Å². The topological polar surface area (TPSA) is 51.0 Å². The summed E-state index contributed by atoms with van der Waals surface area (Å²) in [6, 6.07) is 0.568. The maximum absolute atomic E-state index is 4.63. The number of nitrogens with zero attached hydrogens (tertiary/aromatic N) is 2. The smallest absolute Gasteiger partial charge is 0.121 e. The first-order valence-corrected chi connectivity index (χ1v) is 5.27. The molecule has 0 amide bonds. The molecule has 0 aromatic carbocycles. The van der Waals surface area contributed by atoms with E-state index in [9.17, 15) is 0 Å². The van der Waals surface area contributed by atoms with Crippen LogP contribution < -0.4 is 5.32 Å². The minimum absolute atomic E-state index is 0.568. The Kier molecular flexibility index (Phi) is 2.82. The highest BCUT2D eigenvalue weighted by atomic mass is 16.6. The molecule has 0 radical (unpaired) electrons. The van der Waals surface area contributed by atoms with E-state index in [0.29, 0.717) is 6.04 Å². The van der Waals surface area contributed by atoms with Crippen molar-refractivity contribution in [2.24, 2.45) is 5.92 Å². The monoisotopic (exact) mass is 195 g/mol. The van der Waals surface area contributed by atoms with E-state index in [4.69, 9.17) is 0 Å². The molecule has 1 aromatic heterocycles. The second kappa shape index (κ2) is 4.09. The molecule has 1 heterocycles. The quantitative estimate of drug-likeness (QED) is 0.776. The third-order valence-corrected chi connectivity index (χ3v) is 2.75. The van der Waals surface area contributed by atoms with Crippen molar-refractivity contribution in [2.75, 3.05) is 0 Å². The standard InChI is InChI=1S/C10H17N3O/c1-7(5-9-3-4-9)11-6-10-8(2)12-14-13-10/h7,9,11H,3-6H2,1-2H3. The Balaban J connectivity index is 1.73. The zero-order chi connectivity index (χ0) is 9.97. The minimum Gasteiger partial charge on any atom is -0.308 e. The van der Waals surface area contributed by atoms with Crippen molar-refractivity contribution < 1.29 is 4.63 Å². The van der Waals surface area contributed by atoms with Gasteiger partial charge in [-0.05, 0) is 26.2 Å². The number of hydrogen-bond acceptors (Lipinski definition) is 4. The number of rotatable bonds is 5. The second-order valence-corrected chi connectivity index (χ2v) is 4.26. The first-order valence-electron chi connectivity index (χ1n) is 5.27. The maximum atomic E-state index is 4.63. The van der Waals surface area contributed by atoms with Gasteiger partial charge >= 0.3 is 0 Å². The molecule has 4 heteroatoms. The Morgan fingerprint density at radius 3 is 2.86 bits per heavy atom. The lowest BCUT2D eigenvalue weighted by atomic mass is 10.1. The van der Waals surface area contributed by atoms with Gasteiger partial charge in [0.25, 0.3) is 0 Å². The van der Waals surface area contributed by atoms with Gasteiger partial charge < -0.3 is 5.32 Å². The molecule has 1 N–H and O–H groups in total. The molecular weight excluding hydrogens is 178 g/mol. The van der Waals surface area contributed by atoms with E-state index in [1.165, 1.54) is 19.3 Å². The third-order valence-electron chi connectivity index (χ3n) is 2.75. The molecule has 1 aromatic rings. The van der Waals surface area contributed by atoms with E-state index in [2.05, 4.69) is 27.2 Å². The largest absolute Gasteiger partial charge is 0.308 e. The van der Waals surface area contributed by atoms with Crippen molar-refractivity contribution in [2.45, 2.75) is 45.7 Å². The molecule has 2 rings (SSSR count). The van der Waals surface area contributed by atoms with Gasteiger partial charge in [-0.2, -0.15) is 0 Å². The molecule has 0 saturated heterocycles. The minimum atomic E-state index is 0.568. The van der Waals surface area contributed by atoms with Gasteiger partial charge in [-0.3, -0.25) is 0 Å². The SMILES string of the molecule is Cc1nonc1CNC(C)CC1CC1. The summed E-state index contributed by atoms with van der Waals surface area (Å²) in [5.74, 6) is 0.967. The molecule has 4 nitrogen and oxygen atoms in total. The number of hydrogen-bond donors (Lipinski definition) is 1. The number of nitrogens with one attached hydrogen (secondary N) is 1. The van der Waals surface area contributed by atoms with Gasteiger partial charge in [-0.1, -0.05) is 23.2 Å². The Hall–Kier alpha value is -0.900. The van der Waals surface area contributed by atoms with Crippen molar-refractivity contribution in [3.8, 4) is 0 Å². The van der Waals surface area contributed by atoms with Gasteiger partial charge in [0.15, 0.2) is 0 Å². The van der Waals surface area contributed by atoms with Crippen LogP contribution in [0.5, 0.6) is 0 Å². The van der Waals surface area contributed by atoms with Crippen LogP contribution in [0, 0.1) is 12.8 Å². The number of aromatic nitrogens is 2. The average molecular weight is 195 g/mol. The molecule has 78 valence electrons. The Bertz CT molecular complexity index is 293. The van der Waals surface area contributed by atoms with Crippen LogP contribution in [0.3, 0.4) is 0 Å².